The number of benzene rings is 1. The van der Waals surface area contributed by atoms with Gasteiger partial charge in [-0.1, -0.05) is 0 Å². The van der Waals surface area contributed by atoms with Gasteiger partial charge < -0.3 is 10.5 Å². The van der Waals surface area contributed by atoms with Crippen LogP contribution in [0.1, 0.15) is 21.6 Å². The minimum absolute atomic E-state index is 0.587. The van der Waals surface area contributed by atoms with Crippen molar-refractivity contribution >= 4 is 11.3 Å². The molecular weight excluding hydrogens is 242 g/mol. The lowest BCUT2D eigenvalue weighted by atomic mass is 9.95. The van der Waals surface area contributed by atoms with Crippen molar-refractivity contribution in [2.45, 2.75) is 27.3 Å². The van der Waals surface area contributed by atoms with Crippen molar-refractivity contribution in [3.05, 3.63) is 39.1 Å². The van der Waals surface area contributed by atoms with Gasteiger partial charge in [-0.15, -0.1) is 11.3 Å². The molecule has 2 N–H and O–H groups in total. The molecule has 1 aromatic heterocycles. The quantitative estimate of drug-likeness (QED) is 0.912. The molecule has 0 aliphatic heterocycles. The molecule has 0 fully saturated rings. The van der Waals surface area contributed by atoms with Crippen LogP contribution in [-0.2, 0) is 6.54 Å². The van der Waals surface area contributed by atoms with E-state index >= 15 is 0 Å². The van der Waals surface area contributed by atoms with Crippen molar-refractivity contribution in [3.63, 3.8) is 0 Å². The third kappa shape index (κ3) is 2.16. The first kappa shape index (κ1) is 13.1. The molecule has 2 rings (SSSR count). The summed E-state index contributed by atoms with van der Waals surface area (Å²) < 4.78 is 5.36. The smallest absolute Gasteiger partial charge is 0.122 e. The molecule has 0 saturated carbocycles. The molecule has 1 heterocycles. The van der Waals surface area contributed by atoms with Gasteiger partial charge in [0.05, 0.1) is 7.11 Å². The van der Waals surface area contributed by atoms with Crippen molar-refractivity contribution < 1.29 is 4.74 Å². The van der Waals surface area contributed by atoms with Crippen LogP contribution in [0.5, 0.6) is 5.75 Å². The van der Waals surface area contributed by atoms with Crippen LogP contribution < -0.4 is 10.5 Å². The van der Waals surface area contributed by atoms with Gasteiger partial charge >= 0.3 is 0 Å². The normalized spacial score (nSPS) is 10.7. The molecule has 0 aliphatic rings. The van der Waals surface area contributed by atoms with Gasteiger partial charge in [-0.2, -0.15) is 0 Å². The average molecular weight is 261 g/mol. The van der Waals surface area contributed by atoms with E-state index in [1.54, 1.807) is 18.4 Å². The fraction of sp³-hybridized carbons (Fsp3) is 0.333. The Labute approximate surface area is 112 Å². The SMILES string of the molecule is COc1cc(C)c(-c2c(CN)csc2C)cc1C. The lowest BCUT2D eigenvalue weighted by Gasteiger charge is -2.13. The second kappa shape index (κ2) is 5.12. The molecule has 3 heteroatoms. The summed E-state index contributed by atoms with van der Waals surface area (Å²) in [6.45, 7) is 6.93. The van der Waals surface area contributed by atoms with E-state index in [4.69, 9.17) is 10.5 Å². The van der Waals surface area contributed by atoms with E-state index in [-0.39, 0.29) is 0 Å². The summed E-state index contributed by atoms with van der Waals surface area (Å²) in [5, 5.41) is 2.16. The first-order chi connectivity index (χ1) is 8.58. The first-order valence-electron chi connectivity index (χ1n) is 6.01. The molecule has 18 heavy (non-hydrogen) atoms. The standard InChI is InChI=1S/C15H19NOS/c1-9-6-14(17-4)10(2)5-13(9)15-11(3)18-8-12(15)7-16/h5-6,8H,7,16H2,1-4H3. The fourth-order valence-electron chi connectivity index (χ4n) is 2.30. The zero-order valence-electron chi connectivity index (χ0n) is 11.3. The highest BCUT2D eigenvalue weighted by atomic mass is 32.1. The molecule has 0 unspecified atom stereocenters. The number of ether oxygens (including phenoxy) is 1. The Balaban J connectivity index is 2.64. The van der Waals surface area contributed by atoms with Gasteiger partial charge in [0.15, 0.2) is 0 Å². The highest BCUT2D eigenvalue weighted by Crippen LogP contribution is 2.36. The Bertz CT molecular complexity index is 572. The van der Waals surface area contributed by atoms with E-state index in [9.17, 15) is 0 Å². The molecular formula is C15H19NOS. The third-order valence-corrected chi connectivity index (χ3v) is 4.24. The lowest BCUT2D eigenvalue weighted by molar-refractivity contribution is 0.411. The summed E-state index contributed by atoms with van der Waals surface area (Å²) >= 11 is 1.76. The van der Waals surface area contributed by atoms with Gasteiger partial charge in [-0.3, -0.25) is 0 Å². The molecule has 2 aromatic rings. The number of rotatable bonds is 3. The maximum Gasteiger partial charge on any atom is 0.122 e. The van der Waals surface area contributed by atoms with Crippen LogP contribution in [0.15, 0.2) is 17.5 Å². The molecule has 0 bridgehead atoms. The summed E-state index contributed by atoms with van der Waals surface area (Å²) in [6, 6.07) is 4.30. The number of hydrogen-bond acceptors (Lipinski definition) is 3. The Hall–Kier alpha value is -1.32. The van der Waals surface area contributed by atoms with Crippen LogP contribution >= 0.6 is 11.3 Å². The summed E-state index contributed by atoms with van der Waals surface area (Å²) in [7, 11) is 1.71. The van der Waals surface area contributed by atoms with Gasteiger partial charge in [0.2, 0.25) is 0 Å². The summed E-state index contributed by atoms with van der Waals surface area (Å²) in [4.78, 5) is 1.32. The van der Waals surface area contributed by atoms with Gasteiger partial charge in [-0.25, -0.2) is 0 Å². The number of hydrogen-bond donors (Lipinski definition) is 1. The maximum absolute atomic E-state index is 5.83. The maximum atomic E-state index is 5.83. The van der Waals surface area contributed by atoms with Gasteiger partial charge in [0, 0.05) is 17.0 Å². The second-order valence-corrected chi connectivity index (χ2v) is 5.62. The number of thiophene rings is 1. The van der Waals surface area contributed by atoms with Crippen molar-refractivity contribution in [3.8, 4) is 16.9 Å². The molecule has 0 amide bonds. The van der Waals surface area contributed by atoms with E-state index < -0.39 is 0 Å². The third-order valence-electron chi connectivity index (χ3n) is 3.28. The average Bonchev–Trinajstić information content (AvgIpc) is 2.72. The topological polar surface area (TPSA) is 35.2 Å². The van der Waals surface area contributed by atoms with Crippen LogP contribution in [0.2, 0.25) is 0 Å². The van der Waals surface area contributed by atoms with Crippen molar-refractivity contribution in [1.29, 1.82) is 0 Å². The Morgan fingerprint density at radius 1 is 1.17 bits per heavy atom. The minimum atomic E-state index is 0.587. The Kier molecular flexibility index (Phi) is 3.73. The highest BCUT2D eigenvalue weighted by molar-refractivity contribution is 7.10. The van der Waals surface area contributed by atoms with Crippen molar-refractivity contribution in [2.75, 3.05) is 7.11 Å². The van der Waals surface area contributed by atoms with Gasteiger partial charge in [-0.05, 0) is 60.5 Å². The van der Waals surface area contributed by atoms with Crippen LogP contribution in [0.3, 0.4) is 0 Å². The molecule has 1 aromatic carbocycles. The summed E-state index contributed by atoms with van der Waals surface area (Å²) in [5.74, 6) is 0.943. The van der Waals surface area contributed by atoms with Crippen molar-refractivity contribution in [1.82, 2.24) is 0 Å². The van der Waals surface area contributed by atoms with Crippen LogP contribution in [0.4, 0.5) is 0 Å². The van der Waals surface area contributed by atoms with E-state index in [1.807, 2.05) is 0 Å². The lowest BCUT2D eigenvalue weighted by Crippen LogP contribution is -1.98. The van der Waals surface area contributed by atoms with Crippen LogP contribution in [0.25, 0.3) is 11.1 Å². The minimum Gasteiger partial charge on any atom is -0.496 e. The predicted octanol–water partition coefficient (Wildman–Crippen LogP) is 3.81. The van der Waals surface area contributed by atoms with Crippen LogP contribution in [-0.4, -0.2) is 7.11 Å². The summed E-state index contributed by atoms with van der Waals surface area (Å²) in [5.41, 5.74) is 12.0. The summed E-state index contributed by atoms with van der Waals surface area (Å²) in [6.07, 6.45) is 0. The number of nitrogens with two attached hydrogens (primary N) is 1. The largest absolute Gasteiger partial charge is 0.496 e. The zero-order chi connectivity index (χ0) is 13.3. The predicted molar refractivity (Wildman–Crippen MR) is 78.4 cm³/mol. The molecule has 0 atom stereocenters. The van der Waals surface area contributed by atoms with E-state index in [2.05, 4.69) is 38.3 Å². The highest BCUT2D eigenvalue weighted by Gasteiger charge is 2.13. The van der Waals surface area contributed by atoms with E-state index in [1.165, 1.54) is 27.1 Å². The number of methoxy groups -OCH3 is 1. The fourth-order valence-corrected chi connectivity index (χ4v) is 3.19. The molecule has 0 radical (unpaired) electrons. The zero-order valence-corrected chi connectivity index (χ0v) is 12.1. The van der Waals surface area contributed by atoms with Crippen molar-refractivity contribution in [2.24, 2.45) is 5.73 Å². The molecule has 0 saturated heterocycles. The monoisotopic (exact) mass is 261 g/mol. The Morgan fingerprint density at radius 2 is 1.89 bits per heavy atom. The number of aryl methyl sites for hydroxylation is 3. The molecule has 96 valence electrons. The second-order valence-electron chi connectivity index (χ2n) is 4.53. The van der Waals surface area contributed by atoms with Gasteiger partial charge in [0.1, 0.15) is 5.75 Å². The van der Waals surface area contributed by atoms with E-state index in [0.717, 1.165) is 11.3 Å². The van der Waals surface area contributed by atoms with E-state index in [0.29, 0.717) is 6.54 Å². The van der Waals surface area contributed by atoms with Crippen LogP contribution in [0, 0.1) is 20.8 Å². The molecule has 2 nitrogen and oxygen atoms in total. The molecule has 0 aliphatic carbocycles. The molecule has 0 spiro atoms. The van der Waals surface area contributed by atoms with Gasteiger partial charge in [0.25, 0.3) is 0 Å². The first-order valence-corrected chi connectivity index (χ1v) is 6.89. The Morgan fingerprint density at radius 3 is 2.50 bits per heavy atom.